The number of rotatable bonds is 5. The van der Waals surface area contributed by atoms with Crippen molar-refractivity contribution in [3.63, 3.8) is 0 Å². The van der Waals surface area contributed by atoms with Gasteiger partial charge in [-0.15, -0.1) is 0 Å². The van der Waals surface area contributed by atoms with Crippen molar-refractivity contribution in [1.29, 1.82) is 0 Å². The van der Waals surface area contributed by atoms with Gasteiger partial charge in [0.05, 0.1) is 17.5 Å². The molecular formula is C27H33N3O5S2. The summed E-state index contributed by atoms with van der Waals surface area (Å²) < 4.78 is 30.2. The molecule has 0 aliphatic carbocycles. The van der Waals surface area contributed by atoms with E-state index < -0.39 is 33.5 Å². The van der Waals surface area contributed by atoms with Crippen molar-refractivity contribution in [2.45, 2.75) is 64.0 Å². The summed E-state index contributed by atoms with van der Waals surface area (Å²) in [5.74, 6) is -0.469. The number of alkyl carbamates (subject to hydrolysis) is 1. The molecule has 8 nitrogen and oxygen atoms in total. The van der Waals surface area contributed by atoms with Crippen molar-refractivity contribution in [2.24, 2.45) is 4.99 Å². The number of anilines is 1. The van der Waals surface area contributed by atoms with Gasteiger partial charge in [0.1, 0.15) is 11.6 Å². The summed E-state index contributed by atoms with van der Waals surface area (Å²) in [4.78, 5) is 32.4. The molecule has 2 aliphatic heterocycles. The molecule has 0 unspecified atom stereocenters. The first-order chi connectivity index (χ1) is 17.3. The van der Waals surface area contributed by atoms with Crippen LogP contribution in [0.5, 0.6) is 0 Å². The van der Waals surface area contributed by atoms with Crippen LogP contribution >= 0.6 is 11.8 Å². The Kier molecular flexibility index (Phi) is 7.71. The number of hydrogen-bond donors (Lipinski definition) is 1. The van der Waals surface area contributed by atoms with Gasteiger partial charge in [0.2, 0.25) is 0 Å². The molecule has 0 aromatic heterocycles. The molecular weight excluding hydrogens is 510 g/mol. The molecule has 0 spiro atoms. The van der Waals surface area contributed by atoms with Gasteiger partial charge in [-0.05, 0) is 63.4 Å². The normalized spacial score (nSPS) is 22.5. The highest BCUT2D eigenvalue weighted by atomic mass is 32.2. The molecule has 4 rings (SSSR count). The highest BCUT2D eigenvalue weighted by Crippen LogP contribution is 2.41. The van der Waals surface area contributed by atoms with Gasteiger partial charge in [-0.2, -0.15) is 4.99 Å². The number of aryl methyl sites for hydroxylation is 2. The summed E-state index contributed by atoms with van der Waals surface area (Å²) in [5.41, 5.74) is 3.12. The summed E-state index contributed by atoms with van der Waals surface area (Å²) in [6.45, 7) is 9.27. The minimum Gasteiger partial charge on any atom is -0.444 e. The predicted molar refractivity (Wildman–Crippen MR) is 148 cm³/mol. The quantitative estimate of drug-likeness (QED) is 0.607. The molecule has 2 heterocycles. The molecule has 2 aromatic carbocycles. The molecule has 10 heteroatoms. The van der Waals surface area contributed by atoms with Gasteiger partial charge in [-0.3, -0.25) is 4.79 Å². The van der Waals surface area contributed by atoms with Gasteiger partial charge < -0.3 is 15.0 Å². The van der Waals surface area contributed by atoms with Gasteiger partial charge >= 0.3 is 6.09 Å². The Morgan fingerprint density at radius 1 is 1.11 bits per heavy atom. The lowest BCUT2D eigenvalue weighted by Crippen LogP contribution is -2.45. The lowest BCUT2D eigenvalue weighted by Gasteiger charge is -2.26. The van der Waals surface area contributed by atoms with Crippen LogP contribution in [0.2, 0.25) is 0 Å². The molecule has 2 aromatic rings. The molecule has 0 bridgehead atoms. The summed E-state index contributed by atoms with van der Waals surface area (Å²) in [5, 5.41) is 2.92. The molecule has 0 saturated carbocycles. The van der Waals surface area contributed by atoms with Crippen molar-refractivity contribution >= 4 is 44.5 Å². The van der Waals surface area contributed by atoms with E-state index in [0.717, 1.165) is 22.4 Å². The van der Waals surface area contributed by atoms with E-state index in [2.05, 4.69) is 10.3 Å². The molecule has 3 atom stereocenters. The number of sulfone groups is 1. The standard InChI is InChI=1S/C27H33N3O5S2/c1-17-11-12-20(13-18(17)2)30-22-15-37(33,34)16-23(22)36-25(30)29-24(31)21(14-19-9-7-6-8-10-19)28-26(32)35-27(3,4)5/h6-13,21-23H,14-16H2,1-5H3,(H,28,32)/t21-,22+,23-/m1/s1. The van der Waals surface area contributed by atoms with Gasteiger partial charge in [-0.1, -0.05) is 48.2 Å². The summed E-state index contributed by atoms with van der Waals surface area (Å²) in [6, 6.07) is 14.0. The second-order valence-electron chi connectivity index (χ2n) is 10.6. The lowest BCUT2D eigenvalue weighted by molar-refractivity contribution is -0.119. The van der Waals surface area contributed by atoms with Crippen LogP contribution in [0, 0.1) is 13.8 Å². The predicted octanol–water partition coefficient (Wildman–Crippen LogP) is 4.04. The second kappa shape index (κ2) is 10.5. The first-order valence-electron chi connectivity index (χ1n) is 12.2. The Labute approximate surface area is 222 Å². The molecule has 1 N–H and O–H groups in total. The van der Waals surface area contributed by atoms with Crippen LogP contribution in [-0.4, -0.2) is 60.0 Å². The highest BCUT2D eigenvalue weighted by Gasteiger charge is 2.49. The first-order valence-corrected chi connectivity index (χ1v) is 14.9. The average Bonchev–Trinajstić information content (AvgIpc) is 3.25. The zero-order chi connectivity index (χ0) is 27.0. The second-order valence-corrected chi connectivity index (χ2v) is 13.9. The van der Waals surface area contributed by atoms with Crippen molar-refractivity contribution in [1.82, 2.24) is 5.32 Å². The van der Waals surface area contributed by atoms with Crippen LogP contribution in [0.15, 0.2) is 53.5 Å². The fourth-order valence-electron chi connectivity index (χ4n) is 4.41. The smallest absolute Gasteiger partial charge is 0.408 e. The molecule has 198 valence electrons. The van der Waals surface area contributed by atoms with Crippen LogP contribution < -0.4 is 10.2 Å². The van der Waals surface area contributed by atoms with Crippen molar-refractivity contribution in [2.75, 3.05) is 16.4 Å². The number of amides is 2. The third-order valence-electron chi connectivity index (χ3n) is 6.31. The highest BCUT2D eigenvalue weighted by molar-refractivity contribution is 8.16. The van der Waals surface area contributed by atoms with Gasteiger partial charge in [0.15, 0.2) is 15.0 Å². The monoisotopic (exact) mass is 543 g/mol. The molecule has 37 heavy (non-hydrogen) atoms. The van der Waals surface area contributed by atoms with E-state index >= 15 is 0 Å². The van der Waals surface area contributed by atoms with Gasteiger partial charge in [0.25, 0.3) is 5.91 Å². The number of amidine groups is 1. The van der Waals surface area contributed by atoms with E-state index in [-0.39, 0.29) is 29.2 Å². The molecule has 2 saturated heterocycles. The van der Waals surface area contributed by atoms with Crippen molar-refractivity contribution in [3.8, 4) is 0 Å². The van der Waals surface area contributed by atoms with Crippen molar-refractivity contribution < 1.29 is 22.7 Å². The Morgan fingerprint density at radius 2 is 1.81 bits per heavy atom. The summed E-state index contributed by atoms with van der Waals surface area (Å²) in [6.07, 6.45) is -0.458. The van der Waals surface area contributed by atoms with Crippen LogP contribution in [0.1, 0.15) is 37.5 Å². The minimum atomic E-state index is -3.18. The topological polar surface area (TPSA) is 105 Å². The van der Waals surface area contributed by atoms with E-state index in [9.17, 15) is 18.0 Å². The lowest BCUT2D eigenvalue weighted by atomic mass is 10.1. The average molecular weight is 544 g/mol. The Morgan fingerprint density at radius 3 is 2.46 bits per heavy atom. The van der Waals surface area contributed by atoms with E-state index in [1.807, 2.05) is 67.3 Å². The number of carbonyl (C=O) groups excluding carboxylic acids is 2. The minimum absolute atomic E-state index is 0.00834. The fourth-order valence-corrected chi connectivity index (χ4v) is 8.33. The fraction of sp³-hybridized carbons (Fsp3) is 0.444. The number of benzene rings is 2. The number of hydrogen-bond acceptors (Lipinski definition) is 6. The number of nitrogens with one attached hydrogen (secondary N) is 1. The van der Waals surface area contributed by atoms with Crippen molar-refractivity contribution in [3.05, 3.63) is 65.2 Å². The number of fused-ring (bicyclic) bond motifs is 1. The number of aliphatic imine (C=N–C) groups is 1. The zero-order valence-corrected chi connectivity index (χ0v) is 23.4. The first kappa shape index (κ1) is 27.2. The Balaban J connectivity index is 1.66. The van der Waals surface area contributed by atoms with Gasteiger partial charge in [-0.25, -0.2) is 13.2 Å². The zero-order valence-electron chi connectivity index (χ0n) is 21.7. The number of nitrogens with zero attached hydrogens (tertiary/aromatic N) is 2. The third kappa shape index (κ3) is 6.73. The van der Waals surface area contributed by atoms with E-state index in [1.54, 1.807) is 20.8 Å². The molecule has 2 amide bonds. The maximum atomic E-state index is 13.5. The molecule has 2 fully saturated rings. The maximum Gasteiger partial charge on any atom is 0.408 e. The number of carbonyl (C=O) groups is 2. The number of ether oxygens (including phenoxy) is 1. The Bertz CT molecular complexity index is 1320. The summed E-state index contributed by atoms with van der Waals surface area (Å²) in [7, 11) is -3.18. The Hall–Kier alpha value is -2.85. The molecule has 0 radical (unpaired) electrons. The SMILES string of the molecule is Cc1ccc(N2C(=NC(=O)[C@@H](Cc3ccccc3)NC(=O)OC(C)(C)C)S[C@@H]3CS(=O)(=O)C[C@@H]32)cc1C. The number of thioether (sulfide) groups is 1. The van der Waals surface area contributed by atoms with Crippen LogP contribution in [0.25, 0.3) is 0 Å². The van der Waals surface area contributed by atoms with Crippen LogP contribution in [0.4, 0.5) is 10.5 Å². The molecule has 2 aliphatic rings. The third-order valence-corrected chi connectivity index (χ3v) is 9.52. The largest absolute Gasteiger partial charge is 0.444 e. The van der Waals surface area contributed by atoms with Crippen LogP contribution in [0.3, 0.4) is 0 Å². The van der Waals surface area contributed by atoms with E-state index in [0.29, 0.717) is 5.17 Å². The van der Waals surface area contributed by atoms with Gasteiger partial charge in [0, 0.05) is 17.4 Å². The van der Waals surface area contributed by atoms with E-state index in [4.69, 9.17) is 4.74 Å². The summed E-state index contributed by atoms with van der Waals surface area (Å²) >= 11 is 1.31. The van der Waals surface area contributed by atoms with Crippen LogP contribution in [-0.2, 0) is 25.8 Å². The maximum absolute atomic E-state index is 13.5. The van der Waals surface area contributed by atoms with E-state index in [1.165, 1.54) is 11.8 Å².